The van der Waals surface area contributed by atoms with Crippen molar-refractivity contribution in [1.29, 1.82) is 0 Å². The van der Waals surface area contributed by atoms with Gasteiger partial charge in [0.25, 0.3) is 0 Å². The van der Waals surface area contributed by atoms with Gasteiger partial charge < -0.3 is 4.74 Å². The number of aromatic nitrogens is 1. The molecular weight excluding hydrogens is 394 g/mol. The lowest BCUT2D eigenvalue weighted by atomic mass is 10.0. The molecule has 120 valence electrons. The van der Waals surface area contributed by atoms with Crippen LogP contribution in [0.25, 0.3) is 5.57 Å². The first kappa shape index (κ1) is 16.9. The van der Waals surface area contributed by atoms with Crippen LogP contribution in [0.2, 0.25) is 5.02 Å². The SMILES string of the molecule is COc1nc(C(=CCBr)c2ccc(SC3CC3)cc2)ccc1Cl. The molecular formula is C18H17BrClNOS. The zero-order valence-electron chi connectivity index (χ0n) is 12.8. The third-order valence-corrected chi connectivity index (χ3v) is 5.52. The topological polar surface area (TPSA) is 22.1 Å². The number of hydrogen-bond acceptors (Lipinski definition) is 3. The Morgan fingerprint density at radius 2 is 2.04 bits per heavy atom. The van der Waals surface area contributed by atoms with E-state index in [-0.39, 0.29) is 0 Å². The molecule has 1 aliphatic carbocycles. The van der Waals surface area contributed by atoms with Crippen molar-refractivity contribution >= 4 is 44.9 Å². The maximum Gasteiger partial charge on any atom is 0.232 e. The van der Waals surface area contributed by atoms with E-state index in [4.69, 9.17) is 16.3 Å². The fraction of sp³-hybridized carbons (Fsp3) is 0.278. The van der Waals surface area contributed by atoms with Crippen molar-refractivity contribution < 1.29 is 4.74 Å². The second-order valence-corrected chi connectivity index (χ2v) is 7.73. The normalized spacial score (nSPS) is 14.8. The summed E-state index contributed by atoms with van der Waals surface area (Å²) >= 11 is 11.5. The summed E-state index contributed by atoms with van der Waals surface area (Å²) in [7, 11) is 1.58. The van der Waals surface area contributed by atoms with E-state index in [0.29, 0.717) is 10.9 Å². The second-order valence-electron chi connectivity index (χ2n) is 5.30. The maximum absolute atomic E-state index is 6.08. The van der Waals surface area contributed by atoms with Gasteiger partial charge >= 0.3 is 0 Å². The Labute approximate surface area is 154 Å². The van der Waals surface area contributed by atoms with Crippen LogP contribution in [-0.2, 0) is 0 Å². The minimum absolute atomic E-state index is 0.450. The van der Waals surface area contributed by atoms with Gasteiger partial charge in [0.15, 0.2) is 0 Å². The van der Waals surface area contributed by atoms with Gasteiger partial charge in [0.1, 0.15) is 5.02 Å². The van der Waals surface area contributed by atoms with Gasteiger partial charge in [-0.3, -0.25) is 0 Å². The number of nitrogens with zero attached hydrogens (tertiary/aromatic N) is 1. The number of rotatable bonds is 6. The average Bonchev–Trinajstić information content (AvgIpc) is 3.38. The standard InChI is InChI=1S/C18H17BrClNOS/c1-22-18-16(20)8-9-17(21-18)15(10-11-19)12-2-4-13(5-3-12)23-14-6-7-14/h2-5,8-10,14H,6-7,11H2,1H3. The number of allylic oxidation sites excluding steroid dienone is 1. The zero-order valence-corrected chi connectivity index (χ0v) is 15.9. The van der Waals surface area contributed by atoms with Crippen molar-refractivity contribution in [2.45, 2.75) is 23.0 Å². The highest BCUT2D eigenvalue weighted by Gasteiger charge is 2.22. The fourth-order valence-corrected chi connectivity index (χ4v) is 3.81. The molecule has 23 heavy (non-hydrogen) atoms. The quantitative estimate of drug-likeness (QED) is 0.560. The Bertz CT molecular complexity index is 713. The van der Waals surface area contributed by atoms with Crippen LogP contribution in [0.5, 0.6) is 5.88 Å². The predicted octanol–water partition coefficient (Wildman–Crippen LogP) is 5.82. The van der Waals surface area contributed by atoms with E-state index in [1.54, 1.807) is 7.11 Å². The Kier molecular flexibility index (Phi) is 5.67. The molecule has 0 radical (unpaired) electrons. The van der Waals surface area contributed by atoms with E-state index >= 15 is 0 Å². The van der Waals surface area contributed by atoms with Gasteiger partial charge in [-0.05, 0) is 42.7 Å². The highest BCUT2D eigenvalue weighted by atomic mass is 79.9. The molecule has 5 heteroatoms. The van der Waals surface area contributed by atoms with Crippen LogP contribution in [0.15, 0.2) is 47.4 Å². The van der Waals surface area contributed by atoms with Gasteiger partial charge in [0, 0.05) is 21.0 Å². The average molecular weight is 411 g/mol. The van der Waals surface area contributed by atoms with E-state index in [1.807, 2.05) is 23.9 Å². The molecule has 1 aromatic carbocycles. The highest BCUT2D eigenvalue weighted by Crippen LogP contribution is 2.39. The van der Waals surface area contributed by atoms with Crippen molar-refractivity contribution in [3.63, 3.8) is 0 Å². The first-order chi connectivity index (χ1) is 11.2. The molecule has 0 spiro atoms. The molecule has 0 bridgehead atoms. The third kappa shape index (κ3) is 4.31. The molecule has 0 aliphatic heterocycles. The van der Waals surface area contributed by atoms with Crippen molar-refractivity contribution in [1.82, 2.24) is 4.98 Å². The summed E-state index contributed by atoms with van der Waals surface area (Å²) < 4.78 is 5.23. The minimum atomic E-state index is 0.450. The summed E-state index contributed by atoms with van der Waals surface area (Å²) in [5.74, 6) is 0.450. The Morgan fingerprint density at radius 1 is 1.30 bits per heavy atom. The molecule has 3 rings (SSSR count). The molecule has 1 aromatic heterocycles. The second kappa shape index (κ2) is 7.73. The van der Waals surface area contributed by atoms with Gasteiger partial charge in [-0.15, -0.1) is 11.8 Å². The van der Waals surface area contributed by atoms with Crippen LogP contribution in [0.3, 0.4) is 0 Å². The van der Waals surface area contributed by atoms with E-state index in [0.717, 1.165) is 27.4 Å². The van der Waals surface area contributed by atoms with Gasteiger partial charge in [-0.1, -0.05) is 45.7 Å². The van der Waals surface area contributed by atoms with Crippen LogP contribution in [0.1, 0.15) is 24.1 Å². The number of alkyl halides is 1. The Morgan fingerprint density at radius 3 is 2.65 bits per heavy atom. The first-order valence-corrected chi connectivity index (χ1v) is 9.83. The monoisotopic (exact) mass is 409 g/mol. The van der Waals surface area contributed by atoms with Gasteiger partial charge in [-0.2, -0.15) is 0 Å². The molecule has 1 aliphatic rings. The van der Waals surface area contributed by atoms with Crippen LogP contribution in [0.4, 0.5) is 0 Å². The number of pyridine rings is 1. The zero-order chi connectivity index (χ0) is 16.2. The molecule has 1 saturated carbocycles. The van der Waals surface area contributed by atoms with E-state index < -0.39 is 0 Å². The summed E-state index contributed by atoms with van der Waals surface area (Å²) in [6, 6.07) is 12.4. The number of hydrogen-bond donors (Lipinski definition) is 0. The lowest BCUT2D eigenvalue weighted by Gasteiger charge is -2.10. The molecule has 1 fully saturated rings. The number of halogens is 2. The summed E-state index contributed by atoms with van der Waals surface area (Å²) in [6.45, 7) is 0. The summed E-state index contributed by atoms with van der Waals surface area (Å²) in [6.07, 6.45) is 4.80. The Balaban J connectivity index is 1.90. The molecule has 1 heterocycles. The van der Waals surface area contributed by atoms with E-state index in [1.165, 1.54) is 17.7 Å². The molecule has 0 amide bonds. The lowest BCUT2D eigenvalue weighted by Crippen LogP contribution is -1.96. The molecule has 0 N–H and O–H groups in total. The van der Waals surface area contributed by atoms with Crippen molar-refractivity contribution in [3.8, 4) is 5.88 Å². The largest absolute Gasteiger partial charge is 0.480 e. The fourth-order valence-electron chi connectivity index (χ4n) is 2.26. The summed E-state index contributed by atoms with van der Waals surface area (Å²) in [5, 5.41) is 2.10. The number of methoxy groups -OCH3 is 1. The van der Waals surface area contributed by atoms with Crippen LogP contribution < -0.4 is 4.74 Å². The summed E-state index contributed by atoms with van der Waals surface area (Å²) in [4.78, 5) is 5.85. The third-order valence-electron chi connectivity index (χ3n) is 3.56. The number of benzene rings is 1. The van der Waals surface area contributed by atoms with E-state index in [9.17, 15) is 0 Å². The highest BCUT2D eigenvalue weighted by molar-refractivity contribution is 9.09. The molecule has 0 unspecified atom stereocenters. The smallest absolute Gasteiger partial charge is 0.232 e. The van der Waals surface area contributed by atoms with Crippen molar-refractivity contribution in [3.05, 3.63) is 58.8 Å². The Hall–Kier alpha value is -0.970. The molecule has 2 aromatic rings. The molecule has 0 atom stereocenters. The lowest BCUT2D eigenvalue weighted by molar-refractivity contribution is 0.398. The van der Waals surface area contributed by atoms with E-state index in [2.05, 4.69) is 51.3 Å². The maximum atomic E-state index is 6.08. The molecule has 2 nitrogen and oxygen atoms in total. The van der Waals surface area contributed by atoms with Crippen molar-refractivity contribution in [2.75, 3.05) is 12.4 Å². The van der Waals surface area contributed by atoms with Gasteiger partial charge in [0.2, 0.25) is 5.88 Å². The van der Waals surface area contributed by atoms with Crippen molar-refractivity contribution in [2.24, 2.45) is 0 Å². The van der Waals surface area contributed by atoms with Gasteiger partial charge in [-0.25, -0.2) is 4.98 Å². The number of ether oxygens (including phenoxy) is 1. The van der Waals surface area contributed by atoms with Crippen LogP contribution in [0, 0.1) is 0 Å². The number of thioether (sulfide) groups is 1. The van der Waals surface area contributed by atoms with Crippen LogP contribution >= 0.6 is 39.3 Å². The van der Waals surface area contributed by atoms with Crippen LogP contribution in [-0.4, -0.2) is 22.7 Å². The molecule has 0 saturated heterocycles. The summed E-state index contributed by atoms with van der Waals surface area (Å²) in [5.41, 5.74) is 3.06. The minimum Gasteiger partial charge on any atom is -0.480 e. The first-order valence-electron chi connectivity index (χ1n) is 7.45. The predicted molar refractivity (Wildman–Crippen MR) is 102 cm³/mol. The van der Waals surface area contributed by atoms with Gasteiger partial charge in [0.05, 0.1) is 12.8 Å².